The van der Waals surface area contributed by atoms with Crippen LogP contribution in [0.25, 0.3) is 0 Å². The first-order chi connectivity index (χ1) is 12.0. The molecular weight excluding hydrogens is 328 g/mol. The van der Waals surface area contributed by atoms with Crippen LogP contribution in [0.15, 0.2) is 23.8 Å². The standard InChI is InChI=1S/C16H24N4O5/c1-3-5-12(4-2)8-13(11-22)20-15(24)10-18-14(23)9-19-16(25)17-6-7-21/h3-5,7,11,13H,6,8-10H2,1-2H3,(H,18,23)(H,20,24)(H2,17,19,25)/b5-3-,12-4+. The Hall–Kier alpha value is -2.97. The summed E-state index contributed by atoms with van der Waals surface area (Å²) in [6.07, 6.45) is 6.99. The Balaban J connectivity index is 4.19. The molecule has 0 aliphatic carbocycles. The fourth-order valence-corrected chi connectivity index (χ4v) is 1.74. The Morgan fingerprint density at radius 2 is 1.64 bits per heavy atom. The highest BCUT2D eigenvalue weighted by Gasteiger charge is 2.13. The molecule has 0 rings (SSSR count). The molecule has 4 amide bonds. The van der Waals surface area contributed by atoms with Crippen molar-refractivity contribution in [2.75, 3.05) is 19.6 Å². The lowest BCUT2D eigenvalue weighted by molar-refractivity contribution is -0.126. The summed E-state index contributed by atoms with van der Waals surface area (Å²) in [5.41, 5.74) is 0.898. The lowest BCUT2D eigenvalue weighted by Gasteiger charge is -2.14. The zero-order chi connectivity index (χ0) is 19.1. The molecule has 0 radical (unpaired) electrons. The molecule has 1 unspecified atom stereocenters. The minimum absolute atomic E-state index is 0.162. The molecule has 0 fully saturated rings. The van der Waals surface area contributed by atoms with Crippen molar-refractivity contribution in [3.05, 3.63) is 23.8 Å². The maximum absolute atomic E-state index is 11.8. The zero-order valence-corrected chi connectivity index (χ0v) is 14.3. The van der Waals surface area contributed by atoms with Crippen molar-refractivity contribution < 1.29 is 24.0 Å². The molecule has 0 aliphatic heterocycles. The number of carbonyl (C=O) groups excluding carboxylic acids is 5. The zero-order valence-electron chi connectivity index (χ0n) is 14.3. The summed E-state index contributed by atoms with van der Waals surface area (Å²) in [6.45, 7) is 2.84. The second-order valence-electron chi connectivity index (χ2n) is 4.88. The summed E-state index contributed by atoms with van der Waals surface area (Å²) in [4.78, 5) is 55.5. The van der Waals surface area contributed by atoms with Crippen LogP contribution in [0.1, 0.15) is 20.3 Å². The first-order valence-corrected chi connectivity index (χ1v) is 7.71. The summed E-state index contributed by atoms with van der Waals surface area (Å²) in [6, 6.07) is -1.37. The summed E-state index contributed by atoms with van der Waals surface area (Å²) in [5, 5.41) is 9.22. The second kappa shape index (κ2) is 13.5. The number of aldehydes is 2. The summed E-state index contributed by atoms with van der Waals surface area (Å²) in [7, 11) is 0. The van der Waals surface area contributed by atoms with Gasteiger partial charge in [-0.2, -0.15) is 0 Å². The lowest BCUT2D eigenvalue weighted by atomic mass is 10.1. The first-order valence-electron chi connectivity index (χ1n) is 7.71. The topological polar surface area (TPSA) is 133 Å². The van der Waals surface area contributed by atoms with E-state index in [1.54, 1.807) is 0 Å². The van der Waals surface area contributed by atoms with Gasteiger partial charge in [0, 0.05) is 0 Å². The van der Waals surface area contributed by atoms with E-state index in [1.165, 1.54) is 0 Å². The molecule has 0 aromatic rings. The normalized spacial score (nSPS) is 12.2. The largest absolute Gasteiger partial charge is 0.346 e. The number of hydrogen-bond acceptors (Lipinski definition) is 5. The minimum Gasteiger partial charge on any atom is -0.346 e. The minimum atomic E-state index is -0.695. The van der Waals surface area contributed by atoms with E-state index in [1.807, 2.05) is 32.1 Å². The van der Waals surface area contributed by atoms with E-state index >= 15 is 0 Å². The van der Waals surface area contributed by atoms with Gasteiger partial charge in [-0.05, 0) is 20.3 Å². The second-order valence-corrected chi connectivity index (χ2v) is 4.88. The molecule has 138 valence electrons. The molecule has 0 aromatic carbocycles. The van der Waals surface area contributed by atoms with Gasteiger partial charge < -0.3 is 30.9 Å². The Morgan fingerprint density at radius 1 is 0.960 bits per heavy atom. The third kappa shape index (κ3) is 11.2. The Morgan fingerprint density at radius 3 is 2.20 bits per heavy atom. The van der Waals surface area contributed by atoms with E-state index in [0.717, 1.165) is 5.57 Å². The highest BCUT2D eigenvalue weighted by molar-refractivity contribution is 5.88. The van der Waals surface area contributed by atoms with E-state index in [4.69, 9.17) is 0 Å². The monoisotopic (exact) mass is 352 g/mol. The number of carbonyl (C=O) groups is 5. The van der Waals surface area contributed by atoms with Gasteiger partial charge in [-0.3, -0.25) is 9.59 Å². The summed E-state index contributed by atoms with van der Waals surface area (Å²) in [5.74, 6) is -1.10. The van der Waals surface area contributed by atoms with E-state index in [9.17, 15) is 24.0 Å². The molecule has 4 N–H and O–H groups in total. The number of amides is 4. The van der Waals surface area contributed by atoms with E-state index in [2.05, 4.69) is 21.3 Å². The van der Waals surface area contributed by atoms with E-state index in [-0.39, 0.29) is 19.6 Å². The van der Waals surface area contributed by atoms with Crippen LogP contribution in [0.3, 0.4) is 0 Å². The fourth-order valence-electron chi connectivity index (χ4n) is 1.74. The van der Waals surface area contributed by atoms with Gasteiger partial charge in [-0.25, -0.2) is 4.79 Å². The molecule has 25 heavy (non-hydrogen) atoms. The van der Waals surface area contributed by atoms with Gasteiger partial charge in [-0.1, -0.05) is 23.8 Å². The quantitative estimate of drug-likeness (QED) is 0.285. The number of rotatable bonds is 11. The van der Waals surface area contributed by atoms with Crippen molar-refractivity contribution in [1.29, 1.82) is 0 Å². The average molecular weight is 352 g/mol. The molecule has 0 heterocycles. The summed E-state index contributed by atoms with van der Waals surface area (Å²) >= 11 is 0. The third-order valence-electron chi connectivity index (χ3n) is 2.92. The van der Waals surface area contributed by atoms with Crippen LogP contribution in [0.4, 0.5) is 4.79 Å². The number of nitrogens with one attached hydrogen (secondary N) is 4. The molecule has 0 saturated carbocycles. The first kappa shape index (κ1) is 22.0. The highest BCUT2D eigenvalue weighted by Crippen LogP contribution is 2.06. The van der Waals surface area contributed by atoms with Crippen molar-refractivity contribution in [1.82, 2.24) is 21.3 Å². The molecule has 9 nitrogen and oxygen atoms in total. The molecule has 0 aromatic heterocycles. The third-order valence-corrected chi connectivity index (χ3v) is 2.92. The van der Waals surface area contributed by atoms with Crippen LogP contribution < -0.4 is 21.3 Å². The van der Waals surface area contributed by atoms with Crippen molar-refractivity contribution in [3.63, 3.8) is 0 Å². The smallest absolute Gasteiger partial charge is 0.315 e. The van der Waals surface area contributed by atoms with Crippen LogP contribution in [0.5, 0.6) is 0 Å². The maximum atomic E-state index is 11.8. The molecule has 1 atom stereocenters. The number of hydrogen-bond donors (Lipinski definition) is 4. The van der Waals surface area contributed by atoms with Gasteiger partial charge in [-0.15, -0.1) is 0 Å². The molecule has 0 bridgehead atoms. The lowest BCUT2D eigenvalue weighted by Crippen LogP contribution is -2.46. The fraction of sp³-hybridized carbons (Fsp3) is 0.438. The summed E-state index contributed by atoms with van der Waals surface area (Å²) < 4.78 is 0. The van der Waals surface area contributed by atoms with Crippen LogP contribution in [-0.4, -0.2) is 56.1 Å². The van der Waals surface area contributed by atoms with Gasteiger partial charge >= 0.3 is 6.03 Å². The van der Waals surface area contributed by atoms with Gasteiger partial charge in [0.15, 0.2) is 0 Å². The van der Waals surface area contributed by atoms with E-state index < -0.39 is 23.9 Å². The van der Waals surface area contributed by atoms with Crippen molar-refractivity contribution in [2.24, 2.45) is 0 Å². The predicted octanol–water partition coefficient (Wildman–Crippen LogP) is -0.803. The van der Waals surface area contributed by atoms with Crippen molar-refractivity contribution in [2.45, 2.75) is 26.3 Å². The van der Waals surface area contributed by atoms with Gasteiger partial charge in [0.1, 0.15) is 12.6 Å². The highest BCUT2D eigenvalue weighted by atomic mass is 16.2. The van der Waals surface area contributed by atoms with Crippen LogP contribution in [0, 0.1) is 0 Å². The maximum Gasteiger partial charge on any atom is 0.315 e. The van der Waals surface area contributed by atoms with Crippen molar-refractivity contribution in [3.8, 4) is 0 Å². The van der Waals surface area contributed by atoms with Gasteiger partial charge in [0.2, 0.25) is 11.8 Å². The SMILES string of the molecule is C/C=C\C(=C/C)CC(C=O)NC(=O)CNC(=O)CNC(=O)NCC=O. The van der Waals surface area contributed by atoms with Crippen molar-refractivity contribution >= 4 is 30.4 Å². The molecular formula is C16H24N4O5. The predicted molar refractivity (Wildman–Crippen MR) is 91.7 cm³/mol. The average Bonchev–Trinajstić information content (AvgIpc) is 2.61. The van der Waals surface area contributed by atoms with Crippen LogP contribution in [-0.2, 0) is 19.2 Å². The van der Waals surface area contributed by atoms with Crippen LogP contribution in [0.2, 0.25) is 0 Å². The molecule has 0 saturated heterocycles. The Bertz CT molecular complexity index is 543. The number of allylic oxidation sites excluding steroid dienone is 3. The Labute approximate surface area is 146 Å². The number of urea groups is 1. The molecule has 0 spiro atoms. The Kier molecular flexibility index (Phi) is 11.9. The van der Waals surface area contributed by atoms with Gasteiger partial charge in [0.25, 0.3) is 0 Å². The molecule has 9 heteroatoms. The van der Waals surface area contributed by atoms with E-state index in [0.29, 0.717) is 19.0 Å². The van der Waals surface area contributed by atoms with Crippen LogP contribution >= 0.6 is 0 Å². The van der Waals surface area contributed by atoms with Gasteiger partial charge in [0.05, 0.1) is 25.7 Å². The molecule has 0 aliphatic rings.